The number of aliphatic hydroxyl groups excluding tert-OH is 1. The van der Waals surface area contributed by atoms with Gasteiger partial charge in [-0.3, -0.25) is 14.4 Å². The molecule has 2 aromatic rings. The summed E-state index contributed by atoms with van der Waals surface area (Å²) in [6.45, 7) is 1.60. The van der Waals surface area contributed by atoms with E-state index in [1.54, 1.807) is 6.92 Å². The fourth-order valence-electron chi connectivity index (χ4n) is 4.57. The molecule has 2 aliphatic rings. The van der Waals surface area contributed by atoms with Crippen LogP contribution in [0.2, 0.25) is 5.02 Å². The predicted octanol–water partition coefficient (Wildman–Crippen LogP) is 0.506. The fourth-order valence-corrected chi connectivity index (χ4v) is 4.87. The van der Waals surface area contributed by atoms with Gasteiger partial charge in [0.2, 0.25) is 5.78 Å². The number of aromatic hydroxyl groups is 2. The topological polar surface area (TPSA) is 184 Å². The predicted molar refractivity (Wildman–Crippen MR) is 105 cm³/mol. The Bertz CT molecular complexity index is 1240. The second-order valence-corrected chi connectivity index (χ2v) is 7.93. The molecule has 2 aromatic carbocycles. The molecule has 0 radical (unpaired) electrons. The Morgan fingerprint density at radius 2 is 1.83 bits per heavy atom. The number of aryl methyl sites for hydroxylation is 1. The molecular weight excluding hydrogens is 416 g/mol. The molecule has 10 heteroatoms. The molecule has 3 atom stereocenters. The van der Waals surface area contributed by atoms with Gasteiger partial charge in [0, 0.05) is 16.3 Å². The van der Waals surface area contributed by atoms with Crippen LogP contribution in [0.3, 0.4) is 0 Å². The minimum atomic E-state index is -2.75. The first-order valence-corrected chi connectivity index (χ1v) is 9.28. The average Bonchev–Trinajstić information content (AvgIpc) is 2.67. The highest BCUT2D eigenvalue weighted by Crippen LogP contribution is 2.50. The van der Waals surface area contributed by atoms with Crippen LogP contribution >= 0.6 is 11.6 Å². The first kappa shape index (κ1) is 20.1. The van der Waals surface area contributed by atoms with E-state index >= 15 is 0 Å². The van der Waals surface area contributed by atoms with Crippen LogP contribution in [0, 0.1) is 12.8 Å². The van der Waals surface area contributed by atoms with Crippen molar-refractivity contribution in [2.75, 3.05) is 0 Å². The molecule has 156 valence electrons. The first-order valence-electron chi connectivity index (χ1n) is 8.90. The van der Waals surface area contributed by atoms with Crippen LogP contribution in [0.4, 0.5) is 0 Å². The highest BCUT2D eigenvalue weighted by atomic mass is 35.5. The van der Waals surface area contributed by atoms with Gasteiger partial charge in [-0.05, 0) is 36.6 Å². The van der Waals surface area contributed by atoms with Crippen molar-refractivity contribution < 1.29 is 34.8 Å². The number of ketones is 2. The number of aliphatic hydroxyl groups is 2. The number of benzene rings is 2. The molecule has 0 aliphatic heterocycles. The lowest BCUT2D eigenvalue weighted by Gasteiger charge is -2.44. The minimum Gasteiger partial charge on any atom is -0.508 e. The number of carbonyl (C=O) groups is 3. The van der Waals surface area contributed by atoms with Crippen LogP contribution in [-0.2, 0) is 16.0 Å². The van der Waals surface area contributed by atoms with Crippen LogP contribution < -0.4 is 11.5 Å². The summed E-state index contributed by atoms with van der Waals surface area (Å²) in [6.07, 6.45) is -0.193. The van der Waals surface area contributed by atoms with Gasteiger partial charge >= 0.3 is 0 Å². The van der Waals surface area contributed by atoms with E-state index < -0.39 is 52.1 Å². The molecule has 0 fully saturated rings. The summed E-state index contributed by atoms with van der Waals surface area (Å²) in [6, 6.07) is 1.14. The smallest absolute Gasteiger partial charge is 0.255 e. The molecule has 0 heterocycles. The molecule has 0 saturated heterocycles. The molecule has 2 aliphatic carbocycles. The quantitative estimate of drug-likeness (QED) is 0.352. The molecule has 8 N–H and O–H groups in total. The summed E-state index contributed by atoms with van der Waals surface area (Å²) < 4.78 is 0. The number of phenolic OH excluding ortho intramolecular Hbond substituents is 2. The van der Waals surface area contributed by atoms with E-state index in [1.807, 2.05) is 0 Å². The monoisotopic (exact) mass is 432 g/mol. The van der Waals surface area contributed by atoms with Crippen LogP contribution in [0.1, 0.15) is 21.5 Å². The number of fused-ring (bicyclic) bond motifs is 3. The molecule has 0 aromatic heterocycles. The van der Waals surface area contributed by atoms with E-state index in [-0.39, 0.29) is 33.7 Å². The Kier molecular flexibility index (Phi) is 4.15. The number of rotatable bonds is 1. The van der Waals surface area contributed by atoms with Gasteiger partial charge in [-0.2, -0.15) is 0 Å². The number of phenols is 2. The molecule has 4 rings (SSSR count). The summed E-state index contributed by atoms with van der Waals surface area (Å²) in [5, 5.41) is 43.2. The third-order valence-electron chi connectivity index (χ3n) is 6.10. The van der Waals surface area contributed by atoms with Gasteiger partial charge in [0.15, 0.2) is 11.4 Å². The van der Waals surface area contributed by atoms with E-state index in [2.05, 4.69) is 0 Å². The number of primary amides is 1. The average molecular weight is 433 g/mol. The number of nitrogens with two attached hydrogens (primary N) is 2. The van der Waals surface area contributed by atoms with Gasteiger partial charge in [-0.15, -0.1) is 0 Å². The number of amides is 1. The molecule has 9 nitrogen and oxygen atoms in total. The maximum Gasteiger partial charge on any atom is 0.255 e. The zero-order chi connectivity index (χ0) is 22.3. The largest absolute Gasteiger partial charge is 0.508 e. The van der Waals surface area contributed by atoms with Crippen LogP contribution in [-0.4, -0.2) is 49.5 Å². The minimum absolute atomic E-state index is 0.107. The van der Waals surface area contributed by atoms with Gasteiger partial charge in [-0.1, -0.05) is 11.6 Å². The summed E-state index contributed by atoms with van der Waals surface area (Å²) in [4.78, 5) is 37.5. The summed E-state index contributed by atoms with van der Waals surface area (Å²) in [5.74, 6) is -7.04. The second kappa shape index (κ2) is 6.18. The number of Topliss-reactive ketones (excluding diaryl/α,β-unsaturated/α-hetero) is 2. The number of carbonyl (C=O) groups excluding carboxylic acids is 3. The molecule has 0 unspecified atom stereocenters. The molecular formula is C20H17ClN2O7. The SMILES string of the molecule is Cc1c2c(c(O)c3c(O)ccc(Cl)c13)C(=O)[C@]1(O)C(O)=C(C(N)=O)C(=O)[C@@H](N)[C@@H]1C2. The van der Waals surface area contributed by atoms with Gasteiger partial charge in [0.1, 0.15) is 22.8 Å². The van der Waals surface area contributed by atoms with Gasteiger partial charge in [0.25, 0.3) is 5.91 Å². The fraction of sp³-hybridized carbons (Fsp3) is 0.250. The Balaban J connectivity index is 2.12. The molecule has 0 saturated carbocycles. The van der Waals surface area contributed by atoms with Crippen molar-refractivity contribution in [1.82, 2.24) is 0 Å². The molecule has 0 bridgehead atoms. The van der Waals surface area contributed by atoms with E-state index in [9.17, 15) is 34.8 Å². The third-order valence-corrected chi connectivity index (χ3v) is 6.41. The maximum atomic E-state index is 13.4. The van der Waals surface area contributed by atoms with Crippen molar-refractivity contribution in [3.63, 3.8) is 0 Å². The maximum absolute atomic E-state index is 13.4. The van der Waals surface area contributed by atoms with E-state index in [1.165, 1.54) is 12.1 Å². The lowest BCUT2D eigenvalue weighted by molar-refractivity contribution is -0.127. The normalized spacial score (nSPS) is 26.0. The van der Waals surface area contributed by atoms with Crippen LogP contribution in [0.25, 0.3) is 10.8 Å². The lowest BCUT2D eigenvalue weighted by Crippen LogP contribution is -2.64. The number of hydrogen-bond donors (Lipinski definition) is 6. The van der Waals surface area contributed by atoms with Gasteiger partial charge in [-0.25, -0.2) is 0 Å². The van der Waals surface area contributed by atoms with E-state index in [0.717, 1.165) is 0 Å². The lowest BCUT2D eigenvalue weighted by atomic mass is 9.61. The van der Waals surface area contributed by atoms with Gasteiger partial charge < -0.3 is 31.9 Å². The standard InChI is InChI=1S/C20H17ClN2O7/c1-5-6-4-7-14(22)16(26)13(19(23)29)18(28)20(7,30)17(27)11(6)15(25)12-9(24)3-2-8(21)10(5)12/h2-3,7,14,24-25,28,30H,4,22H2,1H3,(H2,23,29)/t7-,14-,20-/m0/s1. The van der Waals surface area contributed by atoms with Crippen molar-refractivity contribution >= 4 is 39.8 Å². The Labute approximate surface area is 174 Å². The summed E-state index contributed by atoms with van der Waals surface area (Å²) in [7, 11) is 0. The molecule has 1 amide bonds. The van der Waals surface area contributed by atoms with Crippen molar-refractivity contribution in [1.29, 1.82) is 0 Å². The van der Waals surface area contributed by atoms with Crippen LogP contribution in [0.5, 0.6) is 11.5 Å². The number of halogens is 1. The van der Waals surface area contributed by atoms with Crippen molar-refractivity contribution in [3.05, 3.63) is 45.2 Å². The van der Waals surface area contributed by atoms with E-state index in [0.29, 0.717) is 10.9 Å². The highest BCUT2D eigenvalue weighted by molar-refractivity contribution is 6.37. The zero-order valence-corrected chi connectivity index (χ0v) is 16.3. The second-order valence-electron chi connectivity index (χ2n) is 7.53. The van der Waals surface area contributed by atoms with Crippen molar-refractivity contribution in [3.8, 4) is 11.5 Å². The Hall–Kier alpha value is -3.14. The third kappa shape index (κ3) is 2.22. The Morgan fingerprint density at radius 1 is 1.20 bits per heavy atom. The Morgan fingerprint density at radius 3 is 2.43 bits per heavy atom. The zero-order valence-electron chi connectivity index (χ0n) is 15.6. The summed E-state index contributed by atoms with van der Waals surface area (Å²) >= 11 is 6.24. The number of hydrogen-bond acceptors (Lipinski definition) is 8. The van der Waals surface area contributed by atoms with Crippen molar-refractivity contribution in [2.24, 2.45) is 17.4 Å². The highest BCUT2D eigenvalue weighted by Gasteiger charge is 2.61. The van der Waals surface area contributed by atoms with Crippen LogP contribution in [0.15, 0.2) is 23.5 Å². The molecule has 30 heavy (non-hydrogen) atoms. The van der Waals surface area contributed by atoms with Gasteiger partial charge in [0.05, 0.1) is 17.0 Å². The first-order chi connectivity index (χ1) is 13.9. The molecule has 0 spiro atoms. The van der Waals surface area contributed by atoms with E-state index in [4.69, 9.17) is 23.1 Å². The summed E-state index contributed by atoms with van der Waals surface area (Å²) in [5.41, 5.74) is 7.69. The van der Waals surface area contributed by atoms with Crippen molar-refractivity contribution in [2.45, 2.75) is 25.0 Å².